The van der Waals surface area contributed by atoms with Crippen molar-refractivity contribution in [3.63, 3.8) is 0 Å². The fourth-order valence-electron chi connectivity index (χ4n) is 3.15. The number of ketones is 1. The highest BCUT2D eigenvalue weighted by atomic mass is 16.7. The zero-order chi connectivity index (χ0) is 18.9. The lowest BCUT2D eigenvalue weighted by molar-refractivity contribution is -0.255. The zero-order valence-electron chi connectivity index (χ0n) is 16.1. The molecule has 1 N–H and O–H groups in total. The van der Waals surface area contributed by atoms with Gasteiger partial charge in [-0.25, -0.2) is 0 Å². The highest BCUT2D eigenvalue weighted by Crippen LogP contribution is 2.27. The number of carbonyl (C=O) groups is 1. The van der Waals surface area contributed by atoms with Crippen molar-refractivity contribution >= 4 is 11.9 Å². The standard InChI is InChI=1S/C22H32O4/c1-16-15-21(24)18(3)26-22(16)25-17(2)9-7-8-12-20(23)14-13-19-10-5-4-6-11-19/h4-6,10-11,13-14,16-18,21-22,24H,7-9,12,15H2,1-3H3/b14-13+/t16-,17-,18+,21-,22-/m1/s1. The predicted molar refractivity (Wildman–Crippen MR) is 104 cm³/mol. The van der Waals surface area contributed by atoms with Gasteiger partial charge in [0.1, 0.15) is 0 Å². The second kappa shape index (κ2) is 10.6. The molecule has 0 aromatic heterocycles. The lowest BCUT2D eigenvalue weighted by Crippen LogP contribution is -2.44. The van der Waals surface area contributed by atoms with Gasteiger partial charge in [0.05, 0.1) is 18.3 Å². The van der Waals surface area contributed by atoms with Crippen molar-refractivity contribution in [1.29, 1.82) is 0 Å². The molecule has 0 saturated carbocycles. The maximum Gasteiger partial charge on any atom is 0.161 e. The Morgan fingerprint density at radius 3 is 2.77 bits per heavy atom. The Morgan fingerprint density at radius 1 is 1.31 bits per heavy atom. The summed E-state index contributed by atoms with van der Waals surface area (Å²) in [6.07, 6.45) is 6.76. The minimum Gasteiger partial charge on any atom is -0.390 e. The van der Waals surface area contributed by atoms with Gasteiger partial charge in [-0.15, -0.1) is 0 Å². The van der Waals surface area contributed by atoms with E-state index in [1.54, 1.807) is 6.08 Å². The van der Waals surface area contributed by atoms with Gasteiger partial charge in [0, 0.05) is 12.3 Å². The van der Waals surface area contributed by atoms with Crippen LogP contribution in [0.3, 0.4) is 0 Å². The number of carbonyl (C=O) groups excluding carboxylic acids is 1. The highest BCUT2D eigenvalue weighted by molar-refractivity contribution is 5.93. The van der Waals surface area contributed by atoms with Gasteiger partial charge in [0.2, 0.25) is 0 Å². The van der Waals surface area contributed by atoms with Crippen LogP contribution in [0.25, 0.3) is 6.08 Å². The lowest BCUT2D eigenvalue weighted by Gasteiger charge is -2.37. The van der Waals surface area contributed by atoms with E-state index in [0.717, 1.165) is 24.8 Å². The summed E-state index contributed by atoms with van der Waals surface area (Å²) in [6, 6.07) is 9.85. The first kappa shape index (κ1) is 20.8. The van der Waals surface area contributed by atoms with Crippen LogP contribution in [0, 0.1) is 5.92 Å². The summed E-state index contributed by atoms with van der Waals surface area (Å²) in [4.78, 5) is 11.9. The lowest BCUT2D eigenvalue weighted by atomic mass is 9.96. The molecule has 1 aromatic rings. The summed E-state index contributed by atoms with van der Waals surface area (Å²) in [7, 11) is 0. The van der Waals surface area contributed by atoms with Crippen molar-refractivity contribution in [3.05, 3.63) is 42.0 Å². The first-order valence-corrected chi connectivity index (χ1v) is 9.70. The molecule has 1 saturated heterocycles. The number of hydrogen-bond acceptors (Lipinski definition) is 4. The second-order valence-electron chi connectivity index (χ2n) is 7.39. The topological polar surface area (TPSA) is 55.8 Å². The quantitative estimate of drug-likeness (QED) is 0.525. The van der Waals surface area contributed by atoms with Crippen LogP contribution in [0.2, 0.25) is 0 Å². The largest absolute Gasteiger partial charge is 0.390 e. The molecule has 1 aliphatic heterocycles. The third kappa shape index (κ3) is 7.02. The van der Waals surface area contributed by atoms with Gasteiger partial charge in [0.15, 0.2) is 12.1 Å². The third-order valence-electron chi connectivity index (χ3n) is 4.88. The van der Waals surface area contributed by atoms with Crippen LogP contribution < -0.4 is 0 Å². The van der Waals surface area contributed by atoms with Crippen LogP contribution in [-0.4, -0.2) is 35.5 Å². The molecule has 26 heavy (non-hydrogen) atoms. The predicted octanol–water partition coefficient (Wildman–Crippen LogP) is 4.37. The number of benzene rings is 1. The molecule has 0 aliphatic carbocycles. The first-order valence-electron chi connectivity index (χ1n) is 9.70. The van der Waals surface area contributed by atoms with Crippen LogP contribution in [0.5, 0.6) is 0 Å². The summed E-state index contributed by atoms with van der Waals surface area (Å²) in [6.45, 7) is 5.97. The van der Waals surface area contributed by atoms with Crippen molar-refractivity contribution in [3.8, 4) is 0 Å². The van der Waals surface area contributed by atoms with Gasteiger partial charge in [0.25, 0.3) is 0 Å². The maximum absolute atomic E-state index is 11.9. The normalized spacial score (nSPS) is 27.5. The minimum atomic E-state index is -0.407. The molecule has 5 atom stereocenters. The number of ether oxygens (including phenoxy) is 2. The number of aliphatic hydroxyl groups is 1. The van der Waals surface area contributed by atoms with Gasteiger partial charge < -0.3 is 14.6 Å². The van der Waals surface area contributed by atoms with Crippen molar-refractivity contribution in [2.24, 2.45) is 5.92 Å². The SMILES string of the molecule is C[C@H](CCCCC(=O)/C=C/c1ccccc1)O[C@@H]1O[C@@H](C)[C@H](O)C[C@H]1C. The van der Waals surface area contributed by atoms with Crippen LogP contribution in [-0.2, 0) is 14.3 Å². The van der Waals surface area contributed by atoms with E-state index in [0.29, 0.717) is 12.8 Å². The van der Waals surface area contributed by atoms with Gasteiger partial charge >= 0.3 is 0 Å². The van der Waals surface area contributed by atoms with Crippen LogP contribution in [0.15, 0.2) is 36.4 Å². The number of unbranched alkanes of at least 4 members (excludes halogenated alkanes) is 1. The van der Waals surface area contributed by atoms with Crippen molar-refractivity contribution in [2.75, 3.05) is 0 Å². The molecule has 0 bridgehead atoms. The molecule has 2 rings (SSSR count). The summed E-state index contributed by atoms with van der Waals surface area (Å²) in [5.41, 5.74) is 1.05. The maximum atomic E-state index is 11.9. The second-order valence-corrected chi connectivity index (χ2v) is 7.39. The Kier molecular flexibility index (Phi) is 8.49. The van der Waals surface area contributed by atoms with E-state index in [2.05, 4.69) is 0 Å². The molecule has 1 aromatic carbocycles. The third-order valence-corrected chi connectivity index (χ3v) is 4.88. The molecular formula is C22H32O4. The van der Waals surface area contributed by atoms with Crippen LogP contribution >= 0.6 is 0 Å². The van der Waals surface area contributed by atoms with Gasteiger partial charge in [-0.05, 0) is 44.7 Å². The molecule has 0 radical (unpaired) electrons. The van der Waals surface area contributed by atoms with Gasteiger partial charge in [-0.1, -0.05) is 49.8 Å². The monoisotopic (exact) mass is 360 g/mol. The molecular weight excluding hydrogens is 328 g/mol. The highest BCUT2D eigenvalue weighted by Gasteiger charge is 2.33. The van der Waals surface area contributed by atoms with Crippen LogP contribution in [0.1, 0.15) is 58.4 Å². The first-order chi connectivity index (χ1) is 12.5. The van der Waals surface area contributed by atoms with Crippen molar-refractivity contribution < 1.29 is 19.4 Å². The Bertz CT molecular complexity index is 569. The van der Waals surface area contributed by atoms with Crippen LogP contribution in [0.4, 0.5) is 0 Å². The number of allylic oxidation sites excluding steroid dienone is 1. The Labute approximate surface area is 157 Å². The van der Waals surface area contributed by atoms with E-state index < -0.39 is 6.10 Å². The number of aliphatic hydroxyl groups excluding tert-OH is 1. The molecule has 1 heterocycles. The molecule has 0 spiro atoms. The number of rotatable bonds is 9. The fraction of sp³-hybridized carbons (Fsp3) is 0.591. The Hall–Kier alpha value is -1.49. The number of hydrogen-bond donors (Lipinski definition) is 1. The van der Waals surface area contributed by atoms with Crippen molar-refractivity contribution in [2.45, 2.75) is 77.5 Å². The van der Waals surface area contributed by atoms with Gasteiger partial charge in [-0.3, -0.25) is 4.79 Å². The van der Waals surface area contributed by atoms with E-state index in [1.165, 1.54) is 0 Å². The molecule has 0 unspecified atom stereocenters. The molecule has 1 fully saturated rings. The zero-order valence-corrected chi connectivity index (χ0v) is 16.1. The van der Waals surface area contributed by atoms with E-state index in [-0.39, 0.29) is 30.2 Å². The minimum absolute atomic E-state index is 0.0832. The smallest absolute Gasteiger partial charge is 0.161 e. The summed E-state index contributed by atoms with van der Waals surface area (Å²) in [5.74, 6) is 0.350. The summed E-state index contributed by atoms with van der Waals surface area (Å²) < 4.78 is 11.8. The van der Waals surface area contributed by atoms with E-state index in [4.69, 9.17) is 9.47 Å². The molecule has 4 nitrogen and oxygen atoms in total. The molecule has 4 heteroatoms. The van der Waals surface area contributed by atoms with E-state index in [9.17, 15) is 9.90 Å². The van der Waals surface area contributed by atoms with E-state index in [1.807, 2.05) is 57.2 Å². The molecule has 144 valence electrons. The van der Waals surface area contributed by atoms with Crippen molar-refractivity contribution in [1.82, 2.24) is 0 Å². The molecule has 0 amide bonds. The average Bonchev–Trinajstić information content (AvgIpc) is 2.62. The fourth-order valence-corrected chi connectivity index (χ4v) is 3.15. The summed E-state index contributed by atoms with van der Waals surface area (Å²) >= 11 is 0. The average molecular weight is 360 g/mol. The van der Waals surface area contributed by atoms with Gasteiger partial charge in [-0.2, -0.15) is 0 Å². The Balaban J connectivity index is 1.61. The summed E-state index contributed by atoms with van der Waals surface area (Å²) in [5, 5.41) is 9.82. The van der Waals surface area contributed by atoms with E-state index >= 15 is 0 Å². The Morgan fingerprint density at radius 2 is 2.04 bits per heavy atom. The molecule has 1 aliphatic rings.